The summed E-state index contributed by atoms with van der Waals surface area (Å²) in [4.78, 5) is 0. The lowest BCUT2D eigenvalue weighted by Gasteiger charge is -2.30. The fraction of sp³-hybridized carbons (Fsp3) is 0.571. The van der Waals surface area contributed by atoms with E-state index in [-0.39, 0.29) is 6.10 Å². The molecule has 1 aromatic rings. The Morgan fingerprint density at radius 2 is 2.00 bits per heavy atom. The van der Waals surface area contributed by atoms with E-state index >= 15 is 0 Å². The molecule has 0 saturated heterocycles. The molecular formula is C14H18O2. The molecule has 86 valence electrons. The summed E-state index contributed by atoms with van der Waals surface area (Å²) >= 11 is 0. The number of hydrogen-bond acceptors (Lipinski definition) is 2. The molecule has 0 aliphatic heterocycles. The van der Waals surface area contributed by atoms with Crippen molar-refractivity contribution in [3.05, 3.63) is 29.8 Å². The van der Waals surface area contributed by atoms with E-state index in [0.29, 0.717) is 12.0 Å². The first kappa shape index (κ1) is 10.2. The summed E-state index contributed by atoms with van der Waals surface area (Å²) in [6.07, 6.45) is 6.07. The van der Waals surface area contributed by atoms with Crippen molar-refractivity contribution >= 4 is 0 Å². The van der Waals surface area contributed by atoms with Crippen LogP contribution in [0.2, 0.25) is 0 Å². The zero-order valence-electron chi connectivity index (χ0n) is 9.43. The second-order valence-corrected chi connectivity index (χ2v) is 5.03. The maximum atomic E-state index is 10.2. The molecule has 1 aromatic carbocycles. The molecule has 0 aromatic heterocycles. The van der Waals surface area contributed by atoms with Crippen LogP contribution in [0.1, 0.15) is 43.8 Å². The fourth-order valence-electron chi connectivity index (χ4n) is 2.18. The molecule has 2 saturated carbocycles. The van der Waals surface area contributed by atoms with Gasteiger partial charge in [0.05, 0.1) is 12.2 Å². The first-order valence-electron chi connectivity index (χ1n) is 6.27. The van der Waals surface area contributed by atoms with Crippen LogP contribution in [0.15, 0.2) is 24.3 Å². The second kappa shape index (κ2) is 4.10. The first-order chi connectivity index (χ1) is 7.83. The predicted molar refractivity (Wildman–Crippen MR) is 62.4 cm³/mol. The maximum absolute atomic E-state index is 10.2. The van der Waals surface area contributed by atoms with E-state index in [1.807, 2.05) is 24.3 Å². The molecule has 1 N–H and O–H groups in total. The first-order valence-corrected chi connectivity index (χ1v) is 6.27. The van der Waals surface area contributed by atoms with Crippen LogP contribution >= 0.6 is 0 Å². The van der Waals surface area contributed by atoms with E-state index in [0.717, 1.165) is 24.2 Å². The minimum atomic E-state index is -0.295. The van der Waals surface area contributed by atoms with Gasteiger partial charge in [-0.05, 0) is 49.3 Å². The normalized spacial score (nSPS) is 22.6. The Hall–Kier alpha value is -1.02. The molecule has 3 rings (SSSR count). The number of hydrogen-bond donors (Lipinski definition) is 1. The molecule has 0 bridgehead atoms. The van der Waals surface area contributed by atoms with Gasteiger partial charge in [-0.1, -0.05) is 18.6 Å². The van der Waals surface area contributed by atoms with Crippen LogP contribution in [0, 0.1) is 5.92 Å². The van der Waals surface area contributed by atoms with Gasteiger partial charge >= 0.3 is 0 Å². The third-order valence-electron chi connectivity index (χ3n) is 3.62. The van der Waals surface area contributed by atoms with Crippen molar-refractivity contribution in [1.29, 1.82) is 0 Å². The fourth-order valence-corrected chi connectivity index (χ4v) is 2.18. The van der Waals surface area contributed by atoms with Gasteiger partial charge in [0.25, 0.3) is 0 Å². The molecule has 0 radical (unpaired) electrons. The summed E-state index contributed by atoms with van der Waals surface area (Å²) in [5, 5.41) is 10.2. The van der Waals surface area contributed by atoms with Gasteiger partial charge in [-0.2, -0.15) is 0 Å². The highest BCUT2D eigenvalue weighted by atomic mass is 16.5. The van der Waals surface area contributed by atoms with Crippen molar-refractivity contribution < 1.29 is 9.84 Å². The Balaban J connectivity index is 1.72. The molecule has 2 fully saturated rings. The highest BCUT2D eigenvalue weighted by molar-refractivity contribution is 5.30. The zero-order chi connectivity index (χ0) is 11.0. The number of benzene rings is 1. The Morgan fingerprint density at radius 3 is 2.62 bits per heavy atom. The molecule has 2 nitrogen and oxygen atoms in total. The number of aliphatic hydroxyl groups is 1. The van der Waals surface area contributed by atoms with E-state index in [1.165, 1.54) is 19.3 Å². The molecule has 1 unspecified atom stereocenters. The van der Waals surface area contributed by atoms with Crippen LogP contribution < -0.4 is 4.74 Å². The Labute approximate surface area is 96.2 Å². The van der Waals surface area contributed by atoms with Gasteiger partial charge in [-0.25, -0.2) is 0 Å². The van der Waals surface area contributed by atoms with Crippen molar-refractivity contribution in [2.24, 2.45) is 5.92 Å². The molecule has 16 heavy (non-hydrogen) atoms. The third kappa shape index (κ3) is 2.07. The van der Waals surface area contributed by atoms with Gasteiger partial charge in [0, 0.05) is 0 Å². The van der Waals surface area contributed by atoms with Crippen LogP contribution in [0.25, 0.3) is 0 Å². The topological polar surface area (TPSA) is 29.5 Å². The van der Waals surface area contributed by atoms with Crippen molar-refractivity contribution in [3.8, 4) is 5.75 Å². The molecule has 0 heterocycles. The lowest BCUT2D eigenvalue weighted by atomic mass is 9.79. The van der Waals surface area contributed by atoms with Gasteiger partial charge in [-0.15, -0.1) is 0 Å². The second-order valence-electron chi connectivity index (χ2n) is 5.03. The van der Waals surface area contributed by atoms with E-state index in [2.05, 4.69) is 0 Å². The van der Waals surface area contributed by atoms with Crippen molar-refractivity contribution in [2.75, 3.05) is 0 Å². The zero-order valence-corrected chi connectivity index (χ0v) is 9.43. The standard InChI is InChI=1S/C14H18O2/c15-14(10-3-1-4-10)11-5-2-6-13(9-11)16-12-7-8-12/h2,5-6,9-10,12,14-15H,1,3-4,7-8H2. The average molecular weight is 218 g/mol. The molecule has 1 atom stereocenters. The van der Waals surface area contributed by atoms with E-state index < -0.39 is 0 Å². The van der Waals surface area contributed by atoms with Gasteiger partial charge in [0.2, 0.25) is 0 Å². The predicted octanol–water partition coefficient (Wildman–Crippen LogP) is 3.06. The Morgan fingerprint density at radius 1 is 1.19 bits per heavy atom. The average Bonchev–Trinajstić information content (AvgIpc) is 2.99. The molecule has 2 aliphatic rings. The maximum Gasteiger partial charge on any atom is 0.120 e. The third-order valence-corrected chi connectivity index (χ3v) is 3.62. The van der Waals surface area contributed by atoms with Crippen LogP contribution in [-0.4, -0.2) is 11.2 Å². The smallest absolute Gasteiger partial charge is 0.120 e. The van der Waals surface area contributed by atoms with Crippen LogP contribution in [0.3, 0.4) is 0 Å². The van der Waals surface area contributed by atoms with E-state index in [9.17, 15) is 5.11 Å². The minimum Gasteiger partial charge on any atom is -0.490 e. The van der Waals surface area contributed by atoms with E-state index in [1.54, 1.807) is 0 Å². The van der Waals surface area contributed by atoms with Gasteiger partial charge in [0.1, 0.15) is 5.75 Å². The lowest BCUT2D eigenvalue weighted by Crippen LogP contribution is -2.19. The number of rotatable bonds is 4. The van der Waals surface area contributed by atoms with E-state index in [4.69, 9.17) is 4.74 Å². The highest BCUT2D eigenvalue weighted by Gasteiger charge is 2.27. The van der Waals surface area contributed by atoms with Crippen molar-refractivity contribution in [2.45, 2.75) is 44.3 Å². The summed E-state index contributed by atoms with van der Waals surface area (Å²) < 4.78 is 5.74. The van der Waals surface area contributed by atoms with Gasteiger partial charge in [0.15, 0.2) is 0 Å². The van der Waals surface area contributed by atoms with Crippen LogP contribution in [0.5, 0.6) is 5.75 Å². The SMILES string of the molecule is OC(c1cccc(OC2CC2)c1)C1CCC1. The number of ether oxygens (including phenoxy) is 1. The molecule has 2 aliphatic carbocycles. The largest absolute Gasteiger partial charge is 0.490 e. The monoisotopic (exact) mass is 218 g/mol. The van der Waals surface area contributed by atoms with Crippen molar-refractivity contribution in [3.63, 3.8) is 0 Å². The minimum absolute atomic E-state index is 0.295. The van der Waals surface area contributed by atoms with Crippen LogP contribution in [-0.2, 0) is 0 Å². The molecule has 0 spiro atoms. The summed E-state index contributed by atoms with van der Waals surface area (Å²) in [6.45, 7) is 0. The quantitative estimate of drug-likeness (QED) is 0.841. The molecular weight excluding hydrogens is 200 g/mol. The highest BCUT2D eigenvalue weighted by Crippen LogP contribution is 2.38. The molecule has 2 heteroatoms. The summed E-state index contributed by atoms with van der Waals surface area (Å²) in [5.41, 5.74) is 1.02. The summed E-state index contributed by atoms with van der Waals surface area (Å²) in [6, 6.07) is 7.97. The van der Waals surface area contributed by atoms with Gasteiger partial charge < -0.3 is 9.84 Å². The Bertz CT molecular complexity index is 367. The summed E-state index contributed by atoms with van der Waals surface area (Å²) in [5.74, 6) is 1.38. The number of aliphatic hydroxyl groups excluding tert-OH is 1. The molecule has 0 amide bonds. The lowest BCUT2D eigenvalue weighted by molar-refractivity contribution is 0.0618. The Kier molecular flexibility index (Phi) is 2.60. The van der Waals surface area contributed by atoms with Crippen molar-refractivity contribution in [1.82, 2.24) is 0 Å². The van der Waals surface area contributed by atoms with Crippen LogP contribution in [0.4, 0.5) is 0 Å². The van der Waals surface area contributed by atoms with Gasteiger partial charge in [-0.3, -0.25) is 0 Å². The summed E-state index contributed by atoms with van der Waals surface area (Å²) in [7, 11) is 0.